The van der Waals surface area contributed by atoms with Gasteiger partial charge in [-0.25, -0.2) is 0 Å². The lowest BCUT2D eigenvalue weighted by atomic mass is 10.2. The van der Waals surface area contributed by atoms with Gasteiger partial charge in [0.2, 0.25) is 5.91 Å². The summed E-state index contributed by atoms with van der Waals surface area (Å²) in [5.74, 6) is 1.74. The fourth-order valence-corrected chi connectivity index (χ4v) is 3.07. The SMILES string of the molecule is CN1CCCC1c1nnc2n1CCN(CC(N)=O)C2. The summed E-state index contributed by atoms with van der Waals surface area (Å²) in [6, 6.07) is 0.393. The molecule has 19 heavy (non-hydrogen) atoms. The Morgan fingerprint density at radius 3 is 2.89 bits per heavy atom. The number of rotatable bonds is 3. The Balaban J connectivity index is 1.78. The molecule has 0 spiro atoms. The first-order valence-electron chi connectivity index (χ1n) is 6.78. The topological polar surface area (TPSA) is 80.3 Å². The Kier molecular flexibility index (Phi) is 3.24. The standard InChI is InChI=1S/C12H20N6O/c1-16-4-2-3-9(16)12-15-14-11-8-17(7-10(13)19)5-6-18(11)12/h9H,2-8H2,1H3,(H2,13,19). The average Bonchev–Trinajstić information content (AvgIpc) is 2.93. The van der Waals surface area contributed by atoms with Gasteiger partial charge in [0, 0.05) is 13.1 Å². The van der Waals surface area contributed by atoms with Crippen molar-refractivity contribution in [1.29, 1.82) is 0 Å². The molecule has 0 aromatic carbocycles. The maximum Gasteiger partial charge on any atom is 0.231 e. The van der Waals surface area contributed by atoms with E-state index >= 15 is 0 Å². The molecule has 104 valence electrons. The Morgan fingerprint density at radius 1 is 1.37 bits per heavy atom. The van der Waals surface area contributed by atoms with Crippen LogP contribution in [-0.4, -0.2) is 57.2 Å². The number of hydrogen-bond acceptors (Lipinski definition) is 5. The molecule has 1 saturated heterocycles. The highest BCUT2D eigenvalue weighted by molar-refractivity contribution is 5.75. The van der Waals surface area contributed by atoms with Crippen LogP contribution in [0.4, 0.5) is 0 Å². The van der Waals surface area contributed by atoms with E-state index in [0.717, 1.165) is 37.7 Å². The molecule has 7 nitrogen and oxygen atoms in total. The van der Waals surface area contributed by atoms with Gasteiger partial charge in [-0.3, -0.25) is 14.6 Å². The lowest BCUT2D eigenvalue weighted by Crippen LogP contribution is -2.40. The predicted molar refractivity (Wildman–Crippen MR) is 69.1 cm³/mol. The third-order valence-corrected chi connectivity index (χ3v) is 4.06. The highest BCUT2D eigenvalue weighted by atomic mass is 16.1. The number of likely N-dealkylation sites (tertiary alicyclic amines) is 1. The van der Waals surface area contributed by atoms with Gasteiger partial charge in [-0.1, -0.05) is 0 Å². The summed E-state index contributed by atoms with van der Waals surface area (Å²) >= 11 is 0. The van der Waals surface area contributed by atoms with Gasteiger partial charge < -0.3 is 10.3 Å². The van der Waals surface area contributed by atoms with E-state index in [9.17, 15) is 4.79 Å². The van der Waals surface area contributed by atoms with Crippen molar-refractivity contribution in [2.45, 2.75) is 32.0 Å². The monoisotopic (exact) mass is 264 g/mol. The number of carbonyl (C=O) groups is 1. The Bertz CT molecular complexity index is 485. The number of fused-ring (bicyclic) bond motifs is 1. The minimum atomic E-state index is -0.288. The van der Waals surface area contributed by atoms with Gasteiger partial charge in [0.1, 0.15) is 11.6 Å². The van der Waals surface area contributed by atoms with Crippen LogP contribution in [0.2, 0.25) is 0 Å². The molecule has 1 aromatic heterocycles. The van der Waals surface area contributed by atoms with E-state index in [1.807, 2.05) is 4.90 Å². The Morgan fingerprint density at radius 2 is 2.21 bits per heavy atom. The molecule has 1 atom stereocenters. The zero-order valence-electron chi connectivity index (χ0n) is 11.2. The number of hydrogen-bond donors (Lipinski definition) is 1. The first-order valence-corrected chi connectivity index (χ1v) is 6.78. The van der Waals surface area contributed by atoms with Crippen LogP contribution in [-0.2, 0) is 17.9 Å². The van der Waals surface area contributed by atoms with Gasteiger partial charge in [0.25, 0.3) is 0 Å². The number of nitrogens with two attached hydrogens (primary N) is 1. The maximum atomic E-state index is 11.0. The van der Waals surface area contributed by atoms with Crippen LogP contribution >= 0.6 is 0 Å². The number of primary amides is 1. The van der Waals surface area contributed by atoms with Gasteiger partial charge in [0.05, 0.1) is 19.1 Å². The van der Waals surface area contributed by atoms with Crippen LogP contribution in [0.1, 0.15) is 30.5 Å². The van der Waals surface area contributed by atoms with Gasteiger partial charge in [0.15, 0.2) is 0 Å². The molecule has 1 fully saturated rings. The summed E-state index contributed by atoms with van der Waals surface area (Å²) in [5, 5.41) is 8.66. The summed E-state index contributed by atoms with van der Waals surface area (Å²) < 4.78 is 2.21. The van der Waals surface area contributed by atoms with E-state index in [-0.39, 0.29) is 5.91 Å². The molecule has 0 saturated carbocycles. The average molecular weight is 264 g/mol. The van der Waals surface area contributed by atoms with Crippen molar-refractivity contribution in [2.75, 3.05) is 26.7 Å². The Hall–Kier alpha value is -1.47. The number of aromatic nitrogens is 3. The van der Waals surface area contributed by atoms with Crippen LogP contribution in [0.3, 0.4) is 0 Å². The van der Waals surface area contributed by atoms with Crippen molar-refractivity contribution >= 4 is 5.91 Å². The van der Waals surface area contributed by atoms with Crippen molar-refractivity contribution in [3.8, 4) is 0 Å². The van der Waals surface area contributed by atoms with Gasteiger partial charge >= 0.3 is 0 Å². The molecule has 1 unspecified atom stereocenters. The van der Waals surface area contributed by atoms with Crippen LogP contribution in [0, 0.1) is 0 Å². The van der Waals surface area contributed by atoms with Crippen molar-refractivity contribution in [3.63, 3.8) is 0 Å². The van der Waals surface area contributed by atoms with E-state index in [1.165, 1.54) is 6.42 Å². The quantitative estimate of drug-likeness (QED) is 0.784. The van der Waals surface area contributed by atoms with E-state index in [1.54, 1.807) is 0 Å². The fourth-order valence-electron chi connectivity index (χ4n) is 3.07. The minimum absolute atomic E-state index is 0.288. The smallest absolute Gasteiger partial charge is 0.231 e. The molecule has 1 amide bonds. The molecule has 2 N–H and O–H groups in total. The number of amides is 1. The molecule has 2 aliphatic rings. The summed E-state index contributed by atoms with van der Waals surface area (Å²) in [6.07, 6.45) is 2.37. The van der Waals surface area contributed by atoms with Gasteiger partial charge in [-0.05, 0) is 26.4 Å². The second kappa shape index (κ2) is 4.90. The molecule has 3 heterocycles. The van der Waals surface area contributed by atoms with E-state index in [0.29, 0.717) is 19.1 Å². The van der Waals surface area contributed by atoms with Crippen molar-refractivity contribution in [1.82, 2.24) is 24.6 Å². The zero-order valence-corrected chi connectivity index (χ0v) is 11.2. The zero-order chi connectivity index (χ0) is 13.4. The highest BCUT2D eigenvalue weighted by Gasteiger charge is 2.30. The summed E-state index contributed by atoms with van der Waals surface area (Å²) in [6.45, 7) is 3.76. The van der Waals surface area contributed by atoms with Gasteiger partial charge in [-0.15, -0.1) is 10.2 Å². The third-order valence-electron chi connectivity index (χ3n) is 4.06. The number of nitrogens with zero attached hydrogens (tertiary/aromatic N) is 5. The molecular weight excluding hydrogens is 244 g/mol. The molecule has 0 radical (unpaired) electrons. The summed E-state index contributed by atoms with van der Waals surface area (Å²) in [7, 11) is 2.14. The number of carbonyl (C=O) groups excluding carboxylic acids is 1. The first-order chi connectivity index (χ1) is 9.15. The second-order valence-electron chi connectivity index (χ2n) is 5.44. The van der Waals surface area contributed by atoms with Gasteiger partial charge in [-0.2, -0.15) is 0 Å². The van der Waals surface area contributed by atoms with Crippen LogP contribution in [0.25, 0.3) is 0 Å². The predicted octanol–water partition coefficient (Wildman–Crippen LogP) is -0.654. The Labute approximate surface area is 112 Å². The van der Waals surface area contributed by atoms with Crippen molar-refractivity contribution in [3.05, 3.63) is 11.6 Å². The summed E-state index contributed by atoms with van der Waals surface area (Å²) in [5.41, 5.74) is 5.24. The largest absolute Gasteiger partial charge is 0.369 e. The second-order valence-corrected chi connectivity index (χ2v) is 5.44. The molecule has 0 bridgehead atoms. The lowest BCUT2D eigenvalue weighted by Gasteiger charge is -2.28. The molecule has 0 aliphatic carbocycles. The maximum absolute atomic E-state index is 11.0. The van der Waals surface area contributed by atoms with E-state index < -0.39 is 0 Å². The van der Waals surface area contributed by atoms with Crippen molar-refractivity contribution in [2.24, 2.45) is 5.73 Å². The third kappa shape index (κ3) is 2.35. The van der Waals surface area contributed by atoms with Crippen LogP contribution in [0.15, 0.2) is 0 Å². The highest BCUT2D eigenvalue weighted by Crippen LogP contribution is 2.30. The summed E-state index contributed by atoms with van der Waals surface area (Å²) in [4.78, 5) is 15.3. The van der Waals surface area contributed by atoms with E-state index in [4.69, 9.17) is 5.73 Å². The lowest BCUT2D eigenvalue weighted by molar-refractivity contribution is -0.119. The van der Waals surface area contributed by atoms with Crippen LogP contribution in [0.5, 0.6) is 0 Å². The van der Waals surface area contributed by atoms with Crippen LogP contribution < -0.4 is 5.73 Å². The normalized spacial score (nSPS) is 24.6. The first kappa shape index (κ1) is 12.6. The minimum Gasteiger partial charge on any atom is -0.369 e. The molecule has 1 aromatic rings. The van der Waals surface area contributed by atoms with E-state index in [2.05, 4.69) is 26.7 Å². The fraction of sp³-hybridized carbons (Fsp3) is 0.750. The molecule has 3 rings (SSSR count). The molecular formula is C12H20N6O. The molecule has 2 aliphatic heterocycles. The molecule has 7 heteroatoms. The van der Waals surface area contributed by atoms with Crippen molar-refractivity contribution < 1.29 is 4.79 Å².